The largest absolute Gasteiger partial charge is 0.481 e. The van der Waals surface area contributed by atoms with Crippen LogP contribution in [0.3, 0.4) is 0 Å². The molecule has 1 aromatic rings. The van der Waals surface area contributed by atoms with Crippen molar-refractivity contribution in [3.05, 3.63) is 28.7 Å². The van der Waals surface area contributed by atoms with E-state index in [2.05, 4.69) is 33.5 Å². The van der Waals surface area contributed by atoms with Crippen LogP contribution in [0.5, 0.6) is 5.75 Å². The van der Waals surface area contributed by atoms with Crippen LogP contribution < -0.4 is 15.4 Å². The van der Waals surface area contributed by atoms with Crippen LogP contribution in [0, 0.1) is 5.92 Å². The first-order valence-corrected chi connectivity index (χ1v) is 7.79. The molecule has 1 heterocycles. The fourth-order valence-corrected chi connectivity index (χ4v) is 2.52. The van der Waals surface area contributed by atoms with Crippen LogP contribution in [0.2, 0.25) is 0 Å². The lowest BCUT2D eigenvalue weighted by molar-refractivity contribution is -0.128. The number of ether oxygens (including phenoxy) is 1. The number of benzene rings is 1. The average Bonchev–Trinajstić information content (AvgIpc) is 2.44. The Hall–Kier alpha value is -1.07. The van der Waals surface area contributed by atoms with Gasteiger partial charge in [0.1, 0.15) is 5.75 Å². The number of carbonyl (C=O) groups excluding carboxylic acids is 1. The van der Waals surface area contributed by atoms with Crippen molar-refractivity contribution in [2.24, 2.45) is 5.92 Å². The van der Waals surface area contributed by atoms with Crippen LogP contribution >= 0.6 is 15.9 Å². The highest BCUT2D eigenvalue weighted by Crippen LogP contribution is 2.17. The van der Waals surface area contributed by atoms with E-state index in [9.17, 15) is 4.79 Å². The molecule has 1 fully saturated rings. The second-order valence-electron chi connectivity index (χ2n) is 5.30. The molecule has 1 saturated heterocycles. The van der Waals surface area contributed by atoms with Gasteiger partial charge in [-0.15, -0.1) is 0 Å². The smallest absolute Gasteiger partial charge is 0.261 e. The van der Waals surface area contributed by atoms with Crippen molar-refractivity contribution in [3.63, 3.8) is 0 Å². The first-order valence-electron chi connectivity index (χ1n) is 6.99. The van der Waals surface area contributed by atoms with E-state index >= 15 is 0 Å². The Morgan fingerprint density at radius 1 is 1.45 bits per heavy atom. The highest BCUT2D eigenvalue weighted by atomic mass is 79.9. The summed E-state index contributed by atoms with van der Waals surface area (Å²) >= 11 is 3.37. The maximum absolute atomic E-state index is 12.2. The number of nitrogens with one attached hydrogen (secondary N) is 2. The van der Waals surface area contributed by atoms with E-state index in [4.69, 9.17) is 4.74 Å². The van der Waals surface area contributed by atoms with Crippen molar-refractivity contribution in [1.82, 2.24) is 10.6 Å². The number of rotatable bonds is 4. The fraction of sp³-hybridized carbons (Fsp3) is 0.533. The topological polar surface area (TPSA) is 50.4 Å². The van der Waals surface area contributed by atoms with E-state index in [1.165, 1.54) is 0 Å². The molecule has 2 rings (SSSR count). The molecule has 1 aliphatic heterocycles. The maximum Gasteiger partial charge on any atom is 0.261 e. The molecule has 1 amide bonds. The van der Waals surface area contributed by atoms with Crippen LogP contribution in [-0.4, -0.2) is 31.1 Å². The Balaban J connectivity index is 1.86. The number of amides is 1. The van der Waals surface area contributed by atoms with Crippen LogP contribution in [-0.2, 0) is 4.79 Å². The van der Waals surface area contributed by atoms with Gasteiger partial charge in [0.25, 0.3) is 5.91 Å². The minimum atomic E-state index is -0.495. The molecule has 3 atom stereocenters. The zero-order valence-corrected chi connectivity index (χ0v) is 13.4. The Morgan fingerprint density at radius 3 is 2.80 bits per heavy atom. The highest BCUT2D eigenvalue weighted by Gasteiger charge is 2.25. The lowest BCUT2D eigenvalue weighted by atomic mass is 9.95. The summed E-state index contributed by atoms with van der Waals surface area (Å²) < 4.78 is 6.64. The zero-order valence-electron chi connectivity index (χ0n) is 11.9. The molecule has 0 bridgehead atoms. The van der Waals surface area contributed by atoms with Crippen LogP contribution in [0.1, 0.15) is 20.3 Å². The predicted octanol–water partition coefficient (Wildman–Crippen LogP) is 2.33. The van der Waals surface area contributed by atoms with Crippen molar-refractivity contribution < 1.29 is 9.53 Å². The van der Waals surface area contributed by atoms with Crippen LogP contribution in [0.15, 0.2) is 28.7 Å². The summed E-state index contributed by atoms with van der Waals surface area (Å²) in [6.45, 7) is 5.81. The molecule has 0 radical (unpaired) electrons. The number of hydrogen-bond acceptors (Lipinski definition) is 3. The number of piperidine rings is 1. The van der Waals surface area contributed by atoms with Gasteiger partial charge < -0.3 is 15.4 Å². The Labute approximate surface area is 128 Å². The van der Waals surface area contributed by atoms with Crippen LogP contribution in [0.4, 0.5) is 0 Å². The van der Waals surface area contributed by atoms with E-state index in [0.29, 0.717) is 11.7 Å². The minimum Gasteiger partial charge on any atom is -0.481 e. The van der Waals surface area contributed by atoms with Gasteiger partial charge >= 0.3 is 0 Å². The third-order valence-electron chi connectivity index (χ3n) is 3.65. The third kappa shape index (κ3) is 4.21. The monoisotopic (exact) mass is 340 g/mol. The molecule has 20 heavy (non-hydrogen) atoms. The molecular formula is C15H21BrN2O2. The Kier molecular flexibility index (Phi) is 5.43. The average molecular weight is 341 g/mol. The lowest BCUT2D eigenvalue weighted by Gasteiger charge is -2.31. The molecule has 0 aromatic heterocycles. The summed E-state index contributed by atoms with van der Waals surface area (Å²) in [5, 5.41) is 6.37. The van der Waals surface area contributed by atoms with E-state index in [1.807, 2.05) is 24.3 Å². The van der Waals surface area contributed by atoms with Gasteiger partial charge in [-0.2, -0.15) is 0 Å². The number of carbonyl (C=O) groups is 1. The molecule has 2 N–H and O–H groups in total. The fourth-order valence-electron chi connectivity index (χ4n) is 2.25. The van der Waals surface area contributed by atoms with Gasteiger partial charge in [-0.25, -0.2) is 0 Å². The third-order valence-corrected chi connectivity index (χ3v) is 4.18. The van der Waals surface area contributed by atoms with E-state index < -0.39 is 6.10 Å². The van der Waals surface area contributed by atoms with Gasteiger partial charge in [0.05, 0.1) is 0 Å². The maximum atomic E-state index is 12.2. The molecule has 1 aliphatic rings. The quantitative estimate of drug-likeness (QED) is 0.884. The second-order valence-corrected chi connectivity index (χ2v) is 6.21. The molecule has 0 spiro atoms. The van der Waals surface area contributed by atoms with Crippen molar-refractivity contribution in [2.75, 3.05) is 13.1 Å². The van der Waals surface area contributed by atoms with Crippen LogP contribution in [0.25, 0.3) is 0 Å². The van der Waals surface area contributed by atoms with Gasteiger partial charge in [0.15, 0.2) is 6.10 Å². The molecule has 0 saturated carbocycles. The Morgan fingerprint density at radius 2 is 2.15 bits per heavy atom. The van der Waals surface area contributed by atoms with Gasteiger partial charge in [-0.1, -0.05) is 22.9 Å². The highest BCUT2D eigenvalue weighted by molar-refractivity contribution is 9.10. The molecule has 0 aliphatic carbocycles. The molecule has 1 aromatic carbocycles. The SMILES string of the molecule is CC(Oc1ccc(Br)cc1)C(=O)NC1CNCCC1C. The van der Waals surface area contributed by atoms with Crippen molar-refractivity contribution in [1.29, 1.82) is 0 Å². The molecule has 3 unspecified atom stereocenters. The predicted molar refractivity (Wildman–Crippen MR) is 82.8 cm³/mol. The van der Waals surface area contributed by atoms with Gasteiger partial charge in [0, 0.05) is 17.1 Å². The van der Waals surface area contributed by atoms with Crippen molar-refractivity contribution >= 4 is 21.8 Å². The first kappa shape index (κ1) is 15.3. The van der Waals surface area contributed by atoms with Crippen molar-refractivity contribution in [2.45, 2.75) is 32.4 Å². The minimum absolute atomic E-state index is 0.0616. The van der Waals surface area contributed by atoms with Crippen molar-refractivity contribution in [3.8, 4) is 5.75 Å². The van der Waals surface area contributed by atoms with Gasteiger partial charge in [0.2, 0.25) is 0 Å². The summed E-state index contributed by atoms with van der Waals surface area (Å²) in [6, 6.07) is 7.67. The summed E-state index contributed by atoms with van der Waals surface area (Å²) in [6.07, 6.45) is 0.595. The molecular weight excluding hydrogens is 320 g/mol. The normalized spacial score (nSPS) is 23.9. The van der Waals surface area contributed by atoms with Gasteiger partial charge in [-0.3, -0.25) is 4.79 Å². The molecule has 4 nitrogen and oxygen atoms in total. The standard InChI is InChI=1S/C15H21BrN2O2/c1-10-7-8-17-9-14(10)18-15(19)11(2)20-13-5-3-12(16)4-6-13/h3-6,10-11,14,17H,7-9H2,1-2H3,(H,18,19). The summed E-state index contributed by atoms with van der Waals surface area (Å²) in [7, 11) is 0. The number of hydrogen-bond donors (Lipinski definition) is 2. The first-order chi connectivity index (χ1) is 9.56. The lowest BCUT2D eigenvalue weighted by Crippen LogP contribution is -2.52. The van der Waals surface area contributed by atoms with E-state index in [-0.39, 0.29) is 11.9 Å². The second kappa shape index (κ2) is 7.09. The Bertz CT molecular complexity index is 450. The van der Waals surface area contributed by atoms with Gasteiger partial charge in [-0.05, 0) is 50.1 Å². The van der Waals surface area contributed by atoms with E-state index in [0.717, 1.165) is 24.0 Å². The molecule has 5 heteroatoms. The summed E-state index contributed by atoms with van der Waals surface area (Å²) in [5.74, 6) is 1.14. The summed E-state index contributed by atoms with van der Waals surface area (Å²) in [4.78, 5) is 12.2. The molecule has 110 valence electrons. The zero-order chi connectivity index (χ0) is 14.5. The van der Waals surface area contributed by atoms with E-state index in [1.54, 1.807) is 6.92 Å². The summed E-state index contributed by atoms with van der Waals surface area (Å²) in [5.41, 5.74) is 0. The number of halogens is 1.